The Kier molecular flexibility index (Phi) is 15.6. The molecule has 4 heterocycles. The van der Waals surface area contributed by atoms with Gasteiger partial charge in [0.05, 0.1) is 0 Å². The fourth-order valence-electron chi connectivity index (χ4n) is 13.8. The summed E-state index contributed by atoms with van der Waals surface area (Å²) in [7, 11) is -1.43. The highest BCUT2D eigenvalue weighted by molar-refractivity contribution is 6.59. The van der Waals surface area contributed by atoms with Crippen LogP contribution in [0.1, 0.15) is 0 Å². The first-order chi connectivity index (χ1) is 50.2. The molecular weight excluding hydrogens is 1280 g/mol. The molecule has 0 saturated carbocycles. The van der Waals surface area contributed by atoms with Gasteiger partial charge in [0, 0.05) is 49.4 Å². The minimum Gasteiger partial charge on any atom is -0.456 e. The molecule has 20 aromatic rings. The Labute approximate surface area is 589 Å². The molecule has 0 saturated heterocycles. The van der Waals surface area contributed by atoms with Gasteiger partial charge < -0.3 is 18.9 Å². The maximum atomic E-state index is 9.23. The summed E-state index contributed by atoms with van der Waals surface area (Å²) in [6, 6.07) is 112. The molecule has 0 unspecified atom stereocenters. The summed E-state index contributed by atoms with van der Waals surface area (Å²) in [5.74, 6) is 2.91. The summed E-state index contributed by atoms with van der Waals surface area (Å²) in [5.41, 5.74) is 12.9. The zero-order chi connectivity index (χ0) is 68.2. The van der Waals surface area contributed by atoms with Crippen LogP contribution in [0.25, 0.3) is 188 Å². The smallest absolute Gasteiger partial charge is 0.456 e. The Balaban J connectivity index is 0.000000121. The molecule has 10 nitrogen and oxygen atoms in total. The van der Waals surface area contributed by atoms with Crippen LogP contribution in [-0.2, 0) is 0 Å². The lowest BCUT2D eigenvalue weighted by Gasteiger charge is -2.11. The topological polar surface area (TPSA) is 144 Å². The molecular formula is C90H56BClN6O4. The minimum atomic E-state index is -1.43. The maximum absolute atomic E-state index is 9.23. The second-order valence-electron chi connectivity index (χ2n) is 25.3. The van der Waals surface area contributed by atoms with Gasteiger partial charge in [0.2, 0.25) is 5.28 Å². The number of halogens is 1. The van der Waals surface area contributed by atoms with Crippen molar-refractivity contribution in [1.82, 2.24) is 29.9 Å². The molecule has 480 valence electrons. The predicted molar refractivity (Wildman–Crippen MR) is 419 cm³/mol. The van der Waals surface area contributed by atoms with Crippen molar-refractivity contribution in [2.24, 2.45) is 0 Å². The molecule has 4 aromatic heterocycles. The molecule has 0 atom stereocenters. The Morgan fingerprint density at radius 3 is 1.01 bits per heavy atom. The molecule has 102 heavy (non-hydrogen) atoms. The van der Waals surface area contributed by atoms with Crippen LogP contribution in [0, 0.1) is 0 Å². The van der Waals surface area contributed by atoms with Gasteiger partial charge in [-0.25, -0.2) is 19.9 Å². The second kappa shape index (κ2) is 26.0. The number of benzene rings is 16. The number of nitrogens with zero attached hydrogens (tertiary/aromatic N) is 6. The summed E-state index contributed by atoms with van der Waals surface area (Å²) < 4.78 is 12.6. The molecule has 2 N–H and O–H groups in total. The number of fused-ring (bicyclic) bond motifs is 12. The number of hydrogen-bond donors (Lipinski definition) is 2. The molecule has 0 spiro atoms. The summed E-state index contributed by atoms with van der Waals surface area (Å²) in [6.45, 7) is 0. The highest BCUT2D eigenvalue weighted by Gasteiger charge is 2.21. The van der Waals surface area contributed by atoms with E-state index in [1.54, 1.807) is 6.07 Å². The fourth-order valence-corrected chi connectivity index (χ4v) is 14.0. The van der Waals surface area contributed by atoms with Crippen LogP contribution >= 0.6 is 11.6 Å². The second-order valence-corrected chi connectivity index (χ2v) is 25.7. The molecule has 0 aliphatic heterocycles. The maximum Gasteiger partial charge on any atom is 0.488 e. The van der Waals surface area contributed by atoms with Crippen molar-refractivity contribution < 1.29 is 18.9 Å². The van der Waals surface area contributed by atoms with Gasteiger partial charge in [-0.3, -0.25) is 0 Å². The molecule has 0 bridgehead atoms. The summed E-state index contributed by atoms with van der Waals surface area (Å²) in [6.07, 6.45) is 0. The van der Waals surface area contributed by atoms with Gasteiger partial charge in [-0.2, -0.15) is 9.97 Å². The monoisotopic (exact) mass is 1330 g/mol. The van der Waals surface area contributed by atoms with Gasteiger partial charge in [-0.15, -0.1) is 0 Å². The largest absolute Gasteiger partial charge is 0.488 e. The number of aromatic nitrogens is 6. The minimum absolute atomic E-state index is 0.156. The van der Waals surface area contributed by atoms with Crippen molar-refractivity contribution in [3.63, 3.8) is 0 Å². The van der Waals surface area contributed by atoms with Gasteiger partial charge in [0.1, 0.15) is 22.3 Å². The van der Waals surface area contributed by atoms with Gasteiger partial charge in [0.15, 0.2) is 29.1 Å². The Morgan fingerprint density at radius 2 is 0.559 bits per heavy atom. The van der Waals surface area contributed by atoms with Crippen LogP contribution in [-0.4, -0.2) is 47.1 Å². The van der Waals surface area contributed by atoms with Crippen molar-refractivity contribution >= 4 is 133 Å². The lowest BCUT2D eigenvalue weighted by molar-refractivity contribution is 0.426. The van der Waals surface area contributed by atoms with E-state index in [0.717, 1.165) is 142 Å². The highest BCUT2D eigenvalue weighted by Crippen LogP contribution is 2.41. The summed E-state index contributed by atoms with van der Waals surface area (Å²) in [5, 5.41) is 36.2. The zero-order valence-electron chi connectivity index (χ0n) is 54.5. The molecule has 0 aliphatic rings. The normalized spacial score (nSPS) is 11.5. The van der Waals surface area contributed by atoms with E-state index in [4.69, 9.17) is 40.4 Å². The molecule has 12 heteroatoms. The van der Waals surface area contributed by atoms with Crippen LogP contribution in [0.4, 0.5) is 0 Å². The van der Waals surface area contributed by atoms with Crippen LogP contribution in [0.2, 0.25) is 5.28 Å². The van der Waals surface area contributed by atoms with Crippen molar-refractivity contribution in [2.75, 3.05) is 0 Å². The van der Waals surface area contributed by atoms with Crippen LogP contribution in [0.15, 0.2) is 336 Å². The third-order valence-electron chi connectivity index (χ3n) is 18.9. The average molecular weight is 1330 g/mol. The molecule has 20 rings (SSSR count). The van der Waals surface area contributed by atoms with Crippen molar-refractivity contribution in [3.05, 3.63) is 333 Å². The van der Waals surface area contributed by atoms with Crippen LogP contribution < -0.4 is 5.46 Å². The van der Waals surface area contributed by atoms with Crippen molar-refractivity contribution in [3.8, 4) is 79.2 Å². The first kappa shape index (κ1) is 61.3. The van der Waals surface area contributed by atoms with Crippen molar-refractivity contribution in [2.45, 2.75) is 0 Å². The van der Waals surface area contributed by atoms with E-state index < -0.39 is 7.12 Å². The van der Waals surface area contributed by atoms with E-state index in [1.165, 1.54) is 16.5 Å². The third kappa shape index (κ3) is 11.8. The molecule has 0 amide bonds. The number of furan rings is 2. The number of hydrogen-bond acceptors (Lipinski definition) is 10. The summed E-state index contributed by atoms with van der Waals surface area (Å²) in [4.78, 5) is 29.2. The standard InChI is InChI=1S/C45H27N3O.C29H16ClN3O.C16H13BO2/c1-2-9-28(10-3-1)34-20-17-30-19-22-36(25-37(30)24-34)44-46-43(35-21-18-29-11-4-5-12-31(29)23-35)47-45(48-44)38-15-8-16-40-42(38)39-26-32-13-6-7-14-33(32)27-41(39)49-40;30-29-32-27(21-13-12-17-6-1-2-7-18(17)14-21)31-28(33-29)22-10-5-11-24-26(22)23-15-19-8-3-4-9-20(19)16-25(23)34-24;18-17(19)16-9-8-13-6-7-14(10-15(13)11-16)12-4-2-1-3-5-12/h1-27H;1-16H;1-11,18-19H. The van der Waals surface area contributed by atoms with Crippen LogP contribution in [0.3, 0.4) is 0 Å². The van der Waals surface area contributed by atoms with Crippen LogP contribution in [0.5, 0.6) is 0 Å². The SMILES string of the molecule is Clc1nc(-c2ccc3ccccc3c2)nc(-c2cccc3oc4cc5ccccc5cc4c23)n1.OB(O)c1ccc2ccc(-c3ccccc3)cc2c1.c1ccc(-c2ccc3ccc(-c4nc(-c5ccc6ccccc6c5)nc(-c5cccc6oc7cc8ccccc8cc7c56)n4)cc3c2)cc1. The lowest BCUT2D eigenvalue weighted by Crippen LogP contribution is -2.29. The molecule has 0 fully saturated rings. The predicted octanol–water partition coefficient (Wildman–Crippen LogP) is 22.2. The third-order valence-corrected chi connectivity index (χ3v) is 19.1. The van der Waals surface area contributed by atoms with Gasteiger partial charge in [-0.05, 0) is 171 Å². The Bertz CT molecular complexity index is 6660. The van der Waals surface area contributed by atoms with Crippen molar-refractivity contribution in [1.29, 1.82) is 0 Å². The summed E-state index contributed by atoms with van der Waals surface area (Å²) >= 11 is 6.40. The van der Waals surface area contributed by atoms with E-state index >= 15 is 0 Å². The fraction of sp³-hybridized carbons (Fsp3) is 0. The quantitative estimate of drug-likeness (QED) is 0.141. The zero-order valence-corrected chi connectivity index (χ0v) is 55.3. The first-order valence-electron chi connectivity index (χ1n) is 33.6. The van der Waals surface area contributed by atoms with E-state index in [-0.39, 0.29) is 5.28 Å². The Morgan fingerprint density at radius 1 is 0.235 bits per heavy atom. The van der Waals surface area contributed by atoms with Gasteiger partial charge in [-0.1, -0.05) is 261 Å². The van der Waals surface area contributed by atoms with E-state index in [1.807, 2.05) is 103 Å². The van der Waals surface area contributed by atoms with E-state index in [9.17, 15) is 10.0 Å². The lowest BCUT2D eigenvalue weighted by atomic mass is 9.79. The average Bonchev–Trinajstić information content (AvgIpc) is 1.58. The number of rotatable bonds is 8. The van der Waals surface area contributed by atoms with E-state index in [2.05, 4.69) is 228 Å². The molecule has 0 aliphatic carbocycles. The molecule has 16 aromatic carbocycles. The van der Waals surface area contributed by atoms with Gasteiger partial charge in [0.25, 0.3) is 0 Å². The first-order valence-corrected chi connectivity index (χ1v) is 34.0. The Hall–Kier alpha value is -13.0. The van der Waals surface area contributed by atoms with Gasteiger partial charge >= 0.3 is 7.12 Å². The molecule has 0 radical (unpaired) electrons. The van der Waals surface area contributed by atoms with E-state index in [0.29, 0.717) is 34.6 Å². The highest BCUT2D eigenvalue weighted by atomic mass is 35.5.